The molecular weight excluding hydrogens is 342 g/mol. The molecule has 1 N–H and O–H groups in total. The first kappa shape index (κ1) is 18.8. The molecule has 2 rings (SSSR count). The number of hydrogen-bond acceptors (Lipinski definition) is 4. The number of nitrogens with one attached hydrogen (secondary N) is 1. The number of carbonyl (C=O) groups excluding carboxylic acids is 2. The number of carbonyl (C=O) groups is 2. The lowest BCUT2D eigenvalue weighted by atomic mass is 10.2. The third kappa shape index (κ3) is 5.80. The molecule has 0 aliphatic rings. The van der Waals surface area contributed by atoms with Gasteiger partial charge in [-0.2, -0.15) is 0 Å². The molecule has 0 heterocycles. The lowest BCUT2D eigenvalue weighted by Gasteiger charge is -2.11. The van der Waals surface area contributed by atoms with Gasteiger partial charge in [-0.15, -0.1) is 0 Å². The normalized spacial score (nSPS) is 10.4. The van der Waals surface area contributed by atoms with Gasteiger partial charge in [-0.1, -0.05) is 11.6 Å². The molecule has 0 aliphatic heterocycles. The van der Waals surface area contributed by atoms with E-state index in [1.54, 1.807) is 42.5 Å². The third-order valence-corrected chi connectivity index (χ3v) is 3.49. The van der Waals surface area contributed by atoms with Gasteiger partial charge in [-0.05, 0) is 68.8 Å². The number of benzene rings is 2. The van der Waals surface area contributed by atoms with E-state index in [0.717, 1.165) is 5.56 Å². The summed E-state index contributed by atoms with van der Waals surface area (Å²) in [5.74, 6) is -0.319. The number of ether oxygens (including phenoxy) is 2. The Labute approximate surface area is 151 Å². The van der Waals surface area contributed by atoms with Gasteiger partial charge in [0.15, 0.2) is 6.61 Å². The number of hydrogen-bond donors (Lipinski definition) is 1. The van der Waals surface area contributed by atoms with Crippen molar-refractivity contribution >= 4 is 29.2 Å². The van der Waals surface area contributed by atoms with Crippen molar-refractivity contribution in [1.29, 1.82) is 0 Å². The van der Waals surface area contributed by atoms with Gasteiger partial charge in [-0.3, -0.25) is 4.79 Å². The summed E-state index contributed by atoms with van der Waals surface area (Å²) >= 11 is 5.87. The van der Waals surface area contributed by atoms with E-state index in [4.69, 9.17) is 21.1 Å². The van der Waals surface area contributed by atoms with Gasteiger partial charge >= 0.3 is 5.97 Å². The maximum absolute atomic E-state index is 12.0. The Hall–Kier alpha value is -2.53. The first-order valence-electron chi connectivity index (χ1n) is 7.85. The molecule has 1 amide bonds. The highest BCUT2D eigenvalue weighted by molar-refractivity contribution is 6.30. The number of anilines is 1. The molecule has 0 radical (unpaired) electrons. The van der Waals surface area contributed by atoms with Crippen LogP contribution in [-0.2, 0) is 9.53 Å². The molecule has 0 unspecified atom stereocenters. The molecule has 2 aromatic rings. The standard InChI is InChI=1S/C19H20ClNO4/c1-12(2)25-16-7-4-14(5-8-16)19(23)24-11-18(22)21-17-9-6-15(20)10-13(17)3/h4-10,12H,11H2,1-3H3,(H,21,22). The van der Waals surface area contributed by atoms with E-state index in [0.29, 0.717) is 22.0 Å². The van der Waals surface area contributed by atoms with E-state index in [-0.39, 0.29) is 12.7 Å². The second-order valence-electron chi connectivity index (χ2n) is 5.77. The van der Waals surface area contributed by atoms with Crippen molar-refractivity contribution in [1.82, 2.24) is 0 Å². The average molecular weight is 362 g/mol. The minimum atomic E-state index is -0.570. The lowest BCUT2D eigenvalue weighted by molar-refractivity contribution is -0.119. The first-order valence-corrected chi connectivity index (χ1v) is 8.23. The van der Waals surface area contributed by atoms with Crippen molar-refractivity contribution in [3.63, 3.8) is 0 Å². The van der Waals surface area contributed by atoms with Gasteiger partial charge in [0.2, 0.25) is 0 Å². The Bertz CT molecular complexity index is 757. The zero-order chi connectivity index (χ0) is 18.4. The zero-order valence-electron chi connectivity index (χ0n) is 14.3. The summed E-state index contributed by atoms with van der Waals surface area (Å²) in [5.41, 5.74) is 1.81. The van der Waals surface area contributed by atoms with E-state index in [1.165, 1.54) is 0 Å². The summed E-state index contributed by atoms with van der Waals surface area (Å²) in [7, 11) is 0. The molecular formula is C19H20ClNO4. The molecule has 0 saturated carbocycles. The molecule has 0 spiro atoms. The zero-order valence-corrected chi connectivity index (χ0v) is 15.1. The van der Waals surface area contributed by atoms with E-state index in [2.05, 4.69) is 5.32 Å². The fourth-order valence-electron chi connectivity index (χ4n) is 2.11. The second-order valence-corrected chi connectivity index (χ2v) is 6.21. The quantitative estimate of drug-likeness (QED) is 0.782. The monoisotopic (exact) mass is 361 g/mol. The highest BCUT2D eigenvalue weighted by atomic mass is 35.5. The SMILES string of the molecule is Cc1cc(Cl)ccc1NC(=O)COC(=O)c1ccc(OC(C)C)cc1. The molecule has 25 heavy (non-hydrogen) atoms. The number of esters is 1. The van der Waals surface area contributed by atoms with Gasteiger partial charge < -0.3 is 14.8 Å². The molecule has 6 heteroatoms. The van der Waals surface area contributed by atoms with E-state index in [9.17, 15) is 9.59 Å². The van der Waals surface area contributed by atoms with Crippen molar-refractivity contribution in [2.75, 3.05) is 11.9 Å². The van der Waals surface area contributed by atoms with Crippen LogP contribution in [0.5, 0.6) is 5.75 Å². The summed E-state index contributed by atoms with van der Waals surface area (Å²) in [6.07, 6.45) is 0.0535. The van der Waals surface area contributed by atoms with Crippen LogP contribution in [0.4, 0.5) is 5.69 Å². The third-order valence-electron chi connectivity index (χ3n) is 3.26. The Balaban J connectivity index is 1.87. The van der Waals surface area contributed by atoms with Crippen LogP contribution < -0.4 is 10.1 Å². The maximum atomic E-state index is 12.0. The number of halogens is 1. The van der Waals surface area contributed by atoms with Crippen LogP contribution in [0.1, 0.15) is 29.8 Å². The first-order chi connectivity index (χ1) is 11.8. The average Bonchev–Trinajstić information content (AvgIpc) is 2.55. The highest BCUT2D eigenvalue weighted by Crippen LogP contribution is 2.19. The van der Waals surface area contributed by atoms with Crippen LogP contribution in [-0.4, -0.2) is 24.6 Å². The summed E-state index contributed by atoms with van der Waals surface area (Å²) in [5, 5.41) is 3.27. The fourth-order valence-corrected chi connectivity index (χ4v) is 2.34. The van der Waals surface area contributed by atoms with Crippen LogP contribution in [0.2, 0.25) is 5.02 Å². The Kier molecular flexibility index (Phi) is 6.42. The minimum absolute atomic E-state index is 0.0535. The van der Waals surface area contributed by atoms with Crippen LogP contribution in [0.15, 0.2) is 42.5 Å². The van der Waals surface area contributed by atoms with Crippen LogP contribution >= 0.6 is 11.6 Å². The molecule has 2 aromatic carbocycles. The summed E-state index contributed by atoms with van der Waals surface area (Å²) in [6, 6.07) is 11.7. The molecule has 5 nitrogen and oxygen atoms in total. The molecule has 0 atom stereocenters. The number of rotatable bonds is 6. The largest absolute Gasteiger partial charge is 0.491 e. The predicted octanol–water partition coefficient (Wildman–Crippen LogP) is 4.23. The number of amides is 1. The number of aryl methyl sites for hydroxylation is 1. The van der Waals surface area contributed by atoms with Crippen LogP contribution in [0, 0.1) is 6.92 Å². The van der Waals surface area contributed by atoms with Crippen LogP contribution in [0.25, 0.3) is 0 Å². The molecule has 0 aromatic heterocycles. The molecule has 0 bridgehead atoms. The topological polar surface area (TPSA) is 64.6 Å². The van der Waals surface area contributed by atoms with Crippen molar-refractivity contribution < 1.29 is 19.1 Å². The predicted molar refractivity (Wildman–Crippen MR) is 97.3 cm³/mol. The van der Waals surface area contributed by atoms with Gasteiger partial charge in [0.05, 0.1) is 11.7 Å². The summed E-state index contributed by atoms with van der Waals surface area (Å²) in [4.78, 5) is 23.9. The van der Waals surface area contributed by atoms with Crippen molar-refractivity contribution in [2.45, 2.75) is 26.9 Å². The van der Waals surface area contributed by atoms with Crippen molar-refractivity contribution in [3.05, 3.63) is 58.6 Å². The van der Waals surface area contributed by atoms with Gasteiger partial charge in [-0.25, -0.2) is 4.79 Å². The summed E-state index contributed by atoms with van der Waals surface area (Å²) in [6.45, 7) is 5.30. The fraction of sp³-hybridized carbons (Fsp3) is 0.263. The van der Waals surface area contributed by atoms with E-state index in [1.807, 2.05) is 20.8 Å². The Morgan fingerprint density at radius 2 is 1.80 bits per heavy atom. The highest BCUT2D eigenvalue weighted by Gasteiger charge is 2.11. The Morgan fingerprint density at radius 1 is 1.12 bits per heavy atom. The molecule has 0 fully saturated rings. The maximum Gasteiger partial charge on any atom is 0.338 e. The van der Waals surface area contributed by atoms with Crippen molar-refractivity contribution in [3.8, 4) is 5.75 Å². The van der Waals surface area contributed by atoms with Gasteiger partial charge in [0, 0.05) is 10.7 Å². The molecule has 0 saturated heterocycles. The lowest BCUT2D eigenvalue weighted by Crippen LogP contribution is -2.21. The smallest absolute Gasteiger partial charge is 0.338 e. The molecule has 0 aliphatic carbocycles. The van der Waals surface area contributed by atoms with Crippen molar-refractivity contribution in [2.24, 2.45) is 0 Å². The van der Waals surface area contributed by atoms with Crippen LogP contribution in [0.3, 0.4) is 0 Å². The summed E-state index contributed by atoms with van der Waals surface area (Å²) < 4.78 is 10.5. The van der Waals surface area contributed by atoms with Gasteiger partial charge in [0.1, 0.15) is 5.75 Å². The van der Waals surface area contributed by atoms with E-state index < -0.39 is 11.9 Å². The Morgan fingerprint density at radius 3 is 2.40 bits per heavy atom. The van der Waals surface area contributed by atoms with E-state index >= 15 is 0 Å². The minimum Gasteiger partial charge on any atom is -0.491 e. The molecule has 132 valence electrons. The van der Waals surface area contributed by atoms with Gasteiger partial charge in [0.25, 0.3) is 5.91 Å². The second kappa shape index (κ2) is 8.53.